The Labute approximate surface area is 115 Å². The average Bonchev–Trinajstić information content (AvgIpc) is 2.44. The summed E-state index contributed by atoms with van der Waals surface area (Å²) in [4.78, 5) is 12.0. The van der Waals surface area contributed by atoms with E-state index in [0.717, 1.165) is 17.7 Å². The van der Waals surface area contributed by atoms with Gasteiger partial charge in [-0.3, -0.25) is 4.79 Å². The predicted molar refractivity (Wildman–Crippen MR) is 73.5 cm³/mol. The zero-order valence-corrected chi connectivity index (χ0v) is 10.9. The lowest BCUT2D eigenvalue weighted by molar-refractivity contribution is 0.102. The van der Waals surface area contributed by atoms with Gasteiger partial charge < -0.3 is 10.6 Å². The van der Waals surface area contributed by atoms with Crippen LogP contribution in [0, 0.1) is 11.6 Å². The molecule has 0 aliphatic rings. The molecule has 0 radical (unpaired) electrons. The lowest BCUT2D eigenvalue weighted by Gasteiger charge is -2.10. The number of carbonyl (C=O) groups excluding carboxylic acids is 1. The van der Waals surface area contributed by atoms with Crippen molar-refractivity contribution in [3.05, 3.63) is 65.2 Å². The molecule has 0 spiro atoms. The van der Waals surface area contributed by atoms with Gasteiger partial charge in [-0.05, 0) is 36.9 Å². The summed E-state index contributed by atoms with van der Waals surface area (Å²) in [5, 5.41) is 5.68. The third-order valence-electron chi connectivity index (χ3n) is 2.81. The van der Waals surface area contributed by atoms with E-state index in [2.05, 4.69) is 10.6 Å². The number of benzene rings is 2. The zero-order chi connectivity index (χ0) is 14.5. The van der Waals surface area contributed by atoms with Gasteiger partial charge in [0.25, 0.3) is 5.91 Å². The van der Waals surface area contributed by atoms with Crippen molar-refractivity contribution in [2.45, 2.75) is 6.54 Å². The molecule has 0 aliphatic carbocycles. The molecule has 0 heterocycles. The van der Waals surface area contributed by atoms with Crippen molar-refractivity contribution >= 4 is 11.6 Å². The lowest BCUT2D eigenvalue weighted by atomic mass is 10.1. The Morgan fingerprint density at radius 1 is 1.10 bits per heavy atom. The van der Waals surface area contributed by atoms with Crippen LogP contribution in [0.2, 0.25) is 0 Å². The normalized spacial score (nSPS) is 10.3. The minimum atomic E-state index is -1.04. The zero-order valence-electron chi connectivity index (χ0n) is 10.9. The van der Waals surface area contributed by atoms with Crippen LogP contribution in [0.15, 0.2) is 42.5 Å². The van der Waals surface area contributed by atoms with Crippen LogP contribution in [0.4, 0.5) is 14.5 Å². The molecule has 0 bridgehead atoms. The first-order valence-corrected chi connectivity index (χ1v) is 6.10. The largest absolute Gasteiger partial charge is 0.322 e. The Morgan fingerprint density at radius 3 is 2.55 bits per heavy atom. The van der Waals surface area contributed by atoms with Gasteiger partial charge in [-0.25, -0.2) is 8.78 Å². The summed E-state index contributed by atoms with van der Waals surface area (Å²) in [6.45, 7) is 0.592. The van der Waals surface area contributed by atoms with Gasteiger partial charge in [0.05, 0.1) is 0 Å². The molecule has 0 aliphatic heterocycles. The second-order valence-electron chi connectivity index (χ2n) is 4.27. The Balaban J connectivity index is 2.21. The summed E-state index contributed by atoms with van der Waals surface area (Å²) in [6, 6.07) is 10.3. The van der Waals surface area contributed by atoms with E-state index in [9.17, 15) is 13.6 Å². The minimum Gasteiger partial charge on any atom is -0.322 e. The molecular formula is C15H14F2N2O. The van der Waals surface area contributed by atoms with Crippen molar-refractivity contribution in [2.75, 3.05) is 12.4 Å². The molecule has 0 saturated carbocycles. The number of para-hydroxylation sites is 1. The Bertz CT molecular complexity index is 629. The molecule has 1 amide bonds. The van der Waals surface area contributed by atoms with E-state index in [0.29, 0.717) is 12.2 Å². The minimum absolute atomic E-state index is 0.0724. The highest BCUT2D eigenvalue weighted by atomic mass is 19.2. The highest BCUT2D eigenvalue weighted by Gasteiger charge is 2.11. The molecule has 20 heavy (non-hydrogen) atoms. The third kappa shape index (κ3) is 3.19. The molecule has 0 unspecified atom stereocenters. The quantitative estimate of drug-likeness (QED) is 0.901. The van der Waals surface area contributed by atoms with Gasteiger partial charge in [-0.1, -0.05) is 18.2 Å². The summed E-state index contributed by atoms with van der Waals surface area (Å²) in [5.41, 5.74) is 1.62. The maximum Gasteiger partial charge on any atom is 0.255 e. The second-order valence-corrected chi connectivity index (χ2v) is 4.27. The van der Waals surface area contributed by atoms with Crippen molar-refractivity contribution < 1.29 is 13.6 Å². The molecule has 2 aromatic rings. The standard InChI is InChI=1S/C15H14F2N2O/c1-18-9-11-4-2-3-5-14(11)19-15(20)10-6-7-12(16)13(17)8-10/h2-8,18H,9H2,1H3,(H,19,20). The third-order valence-corrected chi connectivity index (χ3v) is 2.81. The lowest BCUT2D eigenvalue weighted by Crippen LogP contribution is -2.15. The Morgan fingerprint density at radius 2 is 1.85 bits per heavy atom. The predicted octanol–water partition coefficient (Wildman–Crippen LogP) is 2.94. The van der Waals surface area contributed by atoms with Gasteiger partial charge in [0, 0.05) is 17.8 Å². The monoisotopic (exact) mass is 276 g/mol. The van der Waals surface area contributed by atoms with Crippen LogP contribution in [0.1, 0.15) is 15.9 Å². The van der Waals surface area contributed by atoms with E-state index in [-0.39, 0.29) is 5.56 Å². The van der Waals surface area contributed by atoms with Crippen molar-refractivity contribution in [3.63, 3.8) is 0 Å². The van der Waals surface area contributed by atoms with Crippen molar-refractivity contribution in [1.82, 2.24) is 5.32 Å². The van der Waals surface area contributed by atoms with Crippen LogP contribution in [-0.2, 0) is 6.54 Å². The fourth-order valence-corrected chi connectivity index (χ4v) is 1.82. The van der Waals surface area contributed by atoms with Crippen LogP contribution in [0.3, 0.4) is 0 Å². The number of hydrogen-bond acceptors (Lipinski definition) is 2. The number of hydrogen-bond donors (Lipinski definition) is 2. The molecule has 2 N–H and O–H groups in total. The van der Waals surface area contributed by atoms with Gasteiger partial charge >= 0.3 is 0 Å². The van der Waals surface area contributed by atoms with Crippen LogP contribution in [0.5, 0.6) is 0 Å². The molecule has 2 rings (SSSR count). The maximum absolute atomic E-state index is 13.1. The van der Waals surface area contributed by atoms with Gasteiger partial charge in [0.15, 0.2) is 11.6 Å². The molecule has 3 nitrogen and oxygen atoms in total. The van der Waals surface area contributed by atoms with Gasteiger partial charge in [-0.2, -0.15) is 0 Å². The van der Waals surface area contributed by atoms with E-state index in [4.69, 9.17) is 0 Å². The first kappa shape index (κ1) is 14.1. The summed E-state index contributed by atoms with van der Waals surface area (Å²) in [5.74, 6) is -2.49. The van der Waals surface area contributed by atoms with Gasteiger partial charge in [-0.15, -0.1) is 0 Å². The summed E-state index contributed by atoms with van der Waals surface area (Å²) in [6.07, 6.45) is 0. The van der Waals surface area contributed by atoms with E-state index in [1.54, 1.807) is 19.2 Å². The number of halogens is 2. The Hall–Kier alpha value is -2.27. The van der Waals surface area contributed by atoms with E-state index in [1.807, 2.05) is 12.1 Å². The molecule has 104 valence electrons. The van der Waals surface area contributed by atoms with E-state index >= 15 is 0 Å². The topological polar surface area (TPSA) is 41.1 Å². The fraction of sp³-hybridized carbons (Fsp3) is 0.133. The smallest absolute Gasteiger partial charge is 0.255 e. The first-order chi connectivity index (χ1) is 9.61. The summed E-state index contributed by atoms with van der Waals surface area (Å²) >= 11 is 0. The molecule has 5 heteroatoms. The number of anilines is 1. The highest BCUT2D eigenvalue weighted by molar-refractivity contribution is 6.04. The van der Waals surface area contributed by atoms with Gasteiger partial charge in [0.2, 0.25) is 0 Å². The van der Waals surface area contributed by atoms with E-state index in [1.165, 1.54) is 6.07 Å². The first-order valence-electron chi connectivity index (χ1n) is 6.10. The van der Waals surface area contributed by atoms with Crippen molar-refractivity contribution in [1.29, 1.82) is 0 Å². The van der Waals surface area contributed by atoms with Crippen LogP contribution in [-0.4, -0.2) is 13.0 Å². The van der Waals surface area contributed by atoms with Crippen molar-refractivity contribution in [3.8, 4) is 0 Å². The molecule has 0 atom stereocenters. The molecule has 2 aromatic carbocycles. The fourth-order valence-electron chi connectivity index (χ4n) is 1.82. The molecule has 0 aromatic heterocycles. The SMILES string of the molecule is CNCc1ccccc1NC(=O)c1ccc(F)c(F)c1. The average molecular weight is 276 g/mol. The van der Waals surface area contributed by atoms with Gasteiger partial charge in [0.1, 0.15) is 0 Å². The summed E-state index contributed by atoms with van der Waals surface area (Å²) < 4.78 is 26.0. The molecule has 0 fully saturated rings. The summed E-state index contributed by atoms with van der Waals surface area (Å²) in [7, 11) is 1.80. The number of nitrogens with one attached hydrogen (secondary N) is 2. The number of carbonyl (C=O) groups is 1. The van der Waals surface area contributed by atoms with Crippen LogP contribution >= 0.6 is 0 Å². The number of amides is 1. The van der Waals surface area contributed by atoms with E-state index < -0.39 is 17.5 Å². The molecular weight excluding hydrogens is 262 g/mol. The van der Waals surface area contributed by atoms with Crippen molar-refractivity contribution in [2.24, 2.45) is 0 Å². The second kappa shape index (κ2) is 6.25. The highest BCUT2D eigenvalue weighted by Crippen LogP contribution is 2.17. The van der Waals surface area contributed by atoms with Crippen LogP contribution < -0.4 is 10.6 Å². The maximum atomic E-state index is 13.1. The van der Waals surface area contributed by atoms with Crippen LogP contribution in [0.25, 0.3) is 0 Å². The number of rotatable bonds is 4. The molecule has 0 saturated heterocycles. The Kier molecular flexibility index (Phi) is 4.42.